The summed E-state index contributed by atoms with van der Waals surface area (Å²) >= 11 is 0. The second-order valence-electron chi connectivity index (χ2n) is 4.10. The van der Waals surface area contributed by atoms with E-state index in [0.717, 1.165) is 17.1 Å². The lowest BCUT2D eigenvalue weighted by atomic mass is 10.4. The molecule has 94 valence electrons. The molecule has 6 nitrogen and oxygen atoms in total. The highest BCUT2D eigenvalue weighted by Crippen LogP contribution is 2.06. The van der Waals surface area contributed by atoms with Crippen molar-refractivity contribution in [1.82, 2.24) is 19.5 Å². The second kappa shape index (κ2) is 4.95. The van der Waals surface area contributed by atoms with Gasteiger partial charge >= 0.3 is 5.69 Å². The Hall–Kier alpha value is -2.24. The highest BCUT2D eigenvalue weighted by atomic mass is 16.1. The Morgan fingerprint density at radius 2 is 2.11 bits per heavy atom. The molecule has 2 rings (SSSR count). The zero-order valence-corrected chi connectivity index (χ0v) is 10.6. The fourth-order valence-corrected chi connectivity index (χ4v) is 1.66. The van der Waals surface area contributed by atoms with E-state index < -0.39 is 0 Å². The summed E-state index contributed by atoms with van der Waals surface area (Å²) in [6, 6.07) is 1.85. The Bertz CT molecular complexity index is 620. The van der Waals surface area contributed by atoms with Crippen LogP contribution in [-0.4, -0.2) is 26.6 Å². The molecule has 0 bridgehead atoms. The average Bonchev–Trinajstić information content (AvgIpc) is 2.33. The molecule has 2 heterocycles. The van der Waals surface area contributed by atoms with Gasteiger partial charge in [0.25, 0.3) is 0 Å². The van der Waals surface area contributed by atoms with Gasteiger partial charge in [-0.2, -0.15) is 0 Å². The van der Waals surface area contributed by atoms with Crippen molar-refractivity contribution in [2.45, 2.75) is 20.4 Å². The fraction of sp³-hybridized carbons (Fsp3) is 0.333. The third-order valence-electron chi connectivity index (χ3n) is 2.45. The number of rotatable bonds is 3. The van der Waals surface area contributed by atoms with Crippen molar-refractivity contribution in [2.75, 3.05) is 12.4 Å². The molecule has 0 aliphatic carbocycles. The van der Waals surface area contributed by atoms with E-state index in [1.807, 2.05) is 19.9 Å². The van der Waals surface area contributed by atoms with Crippen molar-refractivity contribution in [2.24, 2.45) is 0 Å². The van der Waals surface area contributed by atoms with E-state index in [0.29, 0.717) is 12.4 Å². The van der Waals surface area contributed by atoms with Crippen LogP contribution < -0.4 is 11.0 Å². The van der Waals surface area contributed by atoms with Crippen LogP contribution >= 0.6 is 0 Å². The SMILES string of the molecule is CNc1cc(C)nc(Cn2cc(C)cnc2=O)n1. The Kier molecular flexibility index (Phi) is 3.36. The minimum Gasteiger partial charge on any atom is -0.373 e. The largest absolute Gasteiger partial charge is 0.373 e. The van der Waals surface area contributed by atoms with E-state index in [9.17, 15) is 4.79 Å². The summed E-state index contributed by atoms with van der Waals surface area (Å²) in [5, 5.41) is 2.97. The van der Waals surface area contributed by atoms with Crippen LogP contribution in [0.2, 0.25) is 0 Å². The molecule has 2 aromatic heterocycles. The normalized spacial score (nSPS) is 10.4. The van der Waals surface area contributed by atoms with Crippen LogP contribution in [0.15, 0.2) is 23.3 Å². The van der Waals surface area contributed by atoms with Gasteiger partial charge in [0.15, 0.2) is 5.82 Å². The van der Waals surface area contributed by atoms with Crippen LogP contribution in [0.3, 0.4) is 0 Å². The molecule has 0 atom stereocenters. The summed E-state index contributed by atoms with van der Waals surface area (Å²) in [7, 11) is 1.80. The molecule has 0 spiro atoms. The number of hydrogen-bond acceptors (Lipinski definition) is 5. The molecule has 0 amide bonds. The van der Waals surface area contributed by atoms with Crippen molar-refractivity contribution in [3.63, 3.8) is 0 Å². The molecule has 0 fully saturated rings. The van der Waals surface area contributed by atoms with Gasteiger partial charge in [-0.1, -0.05) is 0 Å². The lowest BCUT2D eigenvalue weighted by Crippen LogP contribution is -2.24. The monoisotopic (exact) mass is 245 g/mol. The van der Waals surface area contributed by atoms with Crippen molar-refractivity contribution in [3.8, 4) is 0 Å². The Balaban J connectivity index is 2.36. The number of nitrogens with one attached hydrogen (secondary N) is 1. The quantitative estimate of drug-likeness (QED) is 0.863. The lowest BCUT2D eigenvalue weighted by molar-refractivity contribution is 0.684. The molecule has 0 aliphatic rings. The van der Waals surface area contributed by atoms with Crippen LogP contribution in [0.1, 0.15) is 17.1 Å². The molecular formula is C12H15N5O. The molecule has 0 aromatic carbocycles. The Morgan fingerprint density at radius 1 is 1.33 bits per heavy atom. The highest BCUT2D eigenvalue weighted by Gasteiger charge is 2.04. The number of aryl methyl sites for hydroxylation is 2. The molecule has 1 N–H and O–H groups in total. The second-order valence-corrected chi connectivity index (χ2v) is 4.10. The van der Waals surface area contributed by atoms with Crippen molar-refractivity contribution in [3.05, 3.63) is 46.0 Å². The predicted molar refractivity (Wildman–Crippen MR) is 68.7 cm³/mol. The zero-order valence-electron chi connectivity index (χ0n) is 10.6. The Labute approximate surface area is 105 Å². The van der Waals surface area contributed by atoms with Gasteiger partial charge in [0.2, 0.25) is 0 Å². The van der Waals surface area contributed by atoms with E-state index in [1.165, 1.54) is 4.57 Å². The minimum atomic E-state index is -0.295. The number of hydrogen-bond donors (Lipinski definition) is 1. The van der Waals surface area contributed by atoms with E-state index >= 15 is 0 Å². The highest BCUT2D eigenvalue weighted by molar-refractivity contribution is 5.34. The van der Waals surface area contributed by atoms with Gasteiger partial charge in [-0.15, -0.1) is 0 Å². The maximum Gasteiger partial charge on any atom is 0.347 e. The van der Waals surface area contributed by atoms with Crippen LogP contribution in [0.4, 0.5) is 5.82 Å². The summed E-state index contributed by atoms with van der Waals surface area (Å²) in [6.45, 7) is 4.10. The first-order chi connectivity index (χ1) is 8.58. The zero-order chi connectivity index (χ0) is 13.1. The summed E-state index contributed by atoms with van der Waals surface area (Å²) in [5.41, 5.74) is 1.49. The van der Waals surface area contributed by atoms with Crippen LogP contribution in [0.5, 0.6) is 0 Å². The first kappa shape index (κ1) is 12.2. The first-order valence-electron chi connectivity index (χ1n) is 5.64. The van der Waals surface area contributed by atoms with E-state index in [-0.39, 0.29) is 5.69 Å². The average molecular weight is 245 g/mol. The van der Waals surface area contributed by atoms with Crippen molar-refractivity contribution in [1.29, 1.82) is 0 Å². The summed E-state index contributed by atoms with van der Waals surface area (Å²) < 4.78 is 1.50. The molecule has 18 heavy (non-hydrogen) atoms. The molecule has 0 unspecified atom stereocenters. The predicted octanol–water partition coefficient (Wildman–Crippen LogP) is 0.740. The number of anilines is 1. The lowest BCUT2D eigenvalue weighted by Gasteiger charge is -2.07. The summed E-state index contributed by atoms with van der Waals surface area (Å²) in [4.78, 5) is 24.0. The van der Waals surface area contributed by atoms with Gasteiger partial charge in [0.1, 0.15) is 5.82 Å². The minimum absolute atomic E-state index is 0.295. The first-order valence-corrected chi connectivity index (χ1v) is 5.64. The van der Waals surface area contributed by atoms with Gasteiger partial charge in [-0.05, 0) is 19.4 Å². The fourth-order valence-electron chi connectivity index (χ4n) is 1.66. The number of nitrogens with zero attached hydrogens (tertiary/aromatic N) is 4. The molecule has 6 heteroatoms. The van der Waals surface area contributed by atoms with Crippen LogP contribution in [-0.2, 0) is 6.54 Å². The number of aromatic nitrogens is 4. The third kappa shape index (κ3) is 2.71. The van der Waals surface area contributed by atoms with Gasteiger partial charge in [-0.25, -0.2) is 19.7 Å². The van der Waals surface area contributed by atoms with E-state index in [2.05, 4.69) is 20.3 Å². The van der Waals surface area contributed by atoms with Gasteiger partial charge in [-0.3, -0.25) is 4.57 Å². The third-order valence-corrected chi connectivity index (χ3v) is 2.45. The summed E-state index contributed by atoms with van der Waals surface area (Å²) in [5.74, 6) is 1.33. The molecular weight excluding hydrogens is 230 g/mol. The molecule has 0 radical (unpaired) electrons. The molecule has 0 saturated carbocycles. The summed E-state index contributed by atoms with van der Waals surface area (Å²) in [6.07, 6.45) is 3.30. The Morgan fingerprint density at radius 3 is 2.83 bits per heavy atom. The molecule has 0 saturated heterocycles. The smallest absolute Gasteiger partial charge is 0.347 e. The van der Waals surface area contributed by atoms with Crippen LogP contribution in [0, 0.1) is 13.8 Å². The molecule has 2 aromatic rings. The standard InChI is InChI=1S/C12H15N5O/c1-8-5-14-12(18)17(6-8)7-11-15-9(2)4-10(13-3)16-11/h4-6H,7H2,1-3H3,(H,13,15,16). The van der Waals surface area contributed by atoms with Gasteiger partial charge in [0, 0.05) is 31.2 Å². The van der Waals surface area contributed by atoms with E-state index in [4.69, 9.17) is 0 Å². The van der Waals surface area contributed by atoms with Crippen molar-refractivity contribution >= 4 is 5.82 Å². The topological polar surface area (TPSA) is 72.7 Å². The van der Waals surface area contributed by atoms with Gasteiger partial charge < -0.3 is 5.32 Å². The van der Waals surface area contributed by atoms with Crippen molar-refractivity contribution < 1.29 is 0 Å². The molecule has 0 aliphatic heterocycles. The van der Waals surface area contributed by atoms with E-state index in [1.54, 1.807) is 19.4 Å². The maximum atomic E-state index is 11.6. The maximum absolute atomic E-state index is 11.6. The van der Waals surface area contributed by atoms with Gasteiger partial charge in [0.05, 0.1) is 6.54 Å². The van der Waals surface area contributed by atoms with Crippen LogP contribution in [0.25, 0.3) is 0 Å².